The van der Waals surface area contributed by atoms with Crippen molar-refractivity contribution < 1.29 is 14.0 Å². The average Bonchev–Trinajstić information content (AvgIpc) is 2.65. The van der Waals surface area contributed by atoms with Crippen molar-refractivity contribution in [1.82, 2.24) is 26.2 Å². The van der Waals surface area contributed by atoms with Crippen LogP contribution >= 0.6 is 11.6 Å². The van der Waals surface area contributed by atoms with Gasteiger partial charge in [0.25, 0.3) is 0 Å². The molecule has 6 atom stereocenters. The maximum Gasteiger partial charge on any atom is 0.322 e. The van der Waals surface area contributed by atoms with Crippen molar-refractivity contribution in [3.63, 3.8) is 0 Å². The van der Waals surface area contributed by atoms with E-state index in [0.717, 1.165) is 12.8 Å². The van der Waals surface area contributed by atoms with Crippen LogP contribution in [0.3, 0.4) is 0 Å². The molecule has 4 N–H and O–H groups in total. The van der Waals surface area contributed by atoms with Gasteiger partial charge < -0.3 is 10.6 Å². The van der Waals surface area contributed by atoms with Gasteiger partial charge in [0.2, 0.25) is 5.91 Å². The molecule has 0 saturated carbocycles. The van der Waals surface area contributed by atoms with Crippen molar-refractivity contribution in [2.75, 3.05) is 19.6 Å². The molecule has 30 heavy (non-hydrogen) atoms. The van der Waals surface area contributed by atoms with E-state index in [1.165, 1.54) is 17.2 Å². The highest BCUT2D eigenvalue weighted by Crippen LogP contribution is 2.33. The van der Waals surface area contributed by atoms with Crippen LogP contribution in [0, 0.1) is 5.92 Å². The van der Waals surface area contributed by atoms with E-state index in [9.17, 15) is 14.0 Å². The van der Waals surface area contributed by atoms with Crippen molar-refractivity contribution in [3.05, 3.63) is 23.0 Å². The number of urea groups is 1. The zero-order chi connectivity index (χ0) is 22.0. The Bertz CT molecular complexity index is 741. The highest BCUT2D eigenvalue weighted by atomic mass is 35.5. The molecule has 0 aromatic heterocycles. The molecule has 0 aromatic carbocycles. The molecule has 5 unspecified atom stereocenters. The number of carbonyl (C=O) groups is 2. The predicted octanol–water partition coefficient (Wildman–Crippen LogP) is 2.00. The number of fused-ring (bicyclic) bond motifs is 2. The van der Waals surface area contributed by atoms with Crippen molar-refractivity contribution in [3.8, 4) is 0 Å². The predicted molar refractivity (Wildman–Crippen MR) is 116 cm³/mol. The molecule has 0 aromatic rings. The third-order valence-corrected chi connectivity index (χ3v) is 6.51. The van der Waals surface area contributed by atoms with Crippen LogP contribution in [-0.2, 0) is 4.79 Å². The number of hydrogen-bond acceptors (Lipinski definition) is 5. The van der Waals surface area contributed by atoms with Gasteiger partial charge in [-0.05, 0) is 39.7 Å². The summed E-state index contributed by atoms with van der Waals surface area (Å²) >= 11 is 5.83. The van der Waals surface area contributed by atoms with Crippen molar-refractivity contribution in [2.45, 2.75) is 70.2 Å². The highest BCUT2D eigenvalue weighted by molar-refractivity contribution is 6.21. The SMILES string of the molecule is CC1=C(C)CC2C(C1)NC1C(=O)NC(=O)N[C@H]1N2CCNCC(C)/C(F)=C\C(C)Cl. The number of allylic oxidation sites excluding steroid dienone is 1. The Balaban J connectivity index is 1.66. The molecule has 2 heterocycles. The third-order valence-electron chi connectivity index (χ3n) is 6.38. The number of nitrogens with zero attached hydrogens (tertiary/aromatic N) is 1. The first-order valence-corrected chi connectivity index (χ1v) is 11.1. The second kappa shape index (κ2) is 9.77. The van der Waals surface area contributed by atoms with Gasteiger partial charge in [-0.1, -0.05) is 18.1 Å². The summed E-state index contributed by atoms with van der Waals surface area (Å²) in [5.74, 6) is -0.774. The quantitative estimate of drug-likeness (QED) is 0.276. The van der Waals surface area contributed by atoms with Crippen molar-refractivity contribution in [1.29, 1.82) is 0 Å². The fourth-order valence-corrected chi connectivity index (χ4v) is 4.69. The van der Waals surface area contributed by atoms with Crippen molar-refractivity contribution in [2.24, 2.45) is 5.92 Å². The second-order valence-corrected chi connectivity index (χ2v) is 9.46. The zero-order valence-corrected chi connectivity index (χ0v) is 18.9. The summed E-state index contributed by atoms with van der Waals surface area (Å²) in [5.41, 5.74) is 2.71. The Hall–Kier alpha value is -1.48. The minimum absolute atomic E-state index is 0.153. The minimum Gasteiger partial charge on any atom is -0.320 e. The summed E-state index contributed by atoms with van der Waals surface area (Å²) in [6, 6.07) is -0.608. The summed E-state index contributed by atoms with van der Waals surface area (Å²) in [6.45, 7) is 9.60. The molecule has 168 valence electrons. The molecule has 0 radical (unpaired) electrons. The van der Waals surface area contributed by atoms with Gasteiger partial charge in [-0.25, -0.2) is 9.18 Å². The smallest absolute Gasteiger partial charge is 0.320 e. The lowest BCUT2D eigenvalue weighted by Crippen LogP contribution is -2.79. The van der Waals surface area contributed by atoms with E-state index in [1.54, 1.807) is 6.92 Å². The molecular formula is C21H33ClFN5O2. The number of piperazine rings is 1. The van der Waals surface area contributed by atoms with Gasteiger partial charge in [0.05, 0.1) is 5.38 Å². The van der Waals surface area contributed by atoms with Gasteiger partial charge in [0, 0.05) is 37.6 Å². The van der Waals surface area contributed by atoms with Crippen LogP contribution in [0.15, 0.2) is 23.0 Å². The lowest BCUT2D eigenvalue weighted by Gasteiger charge is -2.53. The molecular weight excluding hydrogens is 409 g/mol. The van der Waals surface area contributed by atoms with Crippen LogP contribution in [0.4, 0.5) is 9.18 Å². The van der Waals surface area contributed by atoms with Crippen LogP contribution in [0.5, 0.6) is 0 Å². The second-order valence-electron chi connectivity index (χ2n) is 8.77. The van der Waals surface area contributed by atoms with Crippen LogP contribution in [0.25, 0.3) is 0 Å². The fourth-order valence-electron chi connectivity index (χ4n) is 4.57. The third kappa shape index (κ3) is 5.22. The lowest BCUT2D eigenvalue weighted by molar-refractivity contribution is -0.129. The van der Waals surface area contributed by atoms with E-state index in [4.69, 9.17) is 11.6 Å². The van der Waals surface area contributed by atoms with E-state index >= 15 is 0 Å². The molecule has 3 amide bonds. The summed E-state index contributed by atoms with van der Waals surface area (Å²) in [6.07, 6.45) is 2.81. The lowest BCUT2D eigenvalue weighted by atomic mass is 9.81. The summed E-state index contributed by atoms with van der Waals surface area (Å²) in [7, 11) is 0. The van der Waals surface area contributed by atoms with E-state index in [-0.39, 0.29) is 35.1 Å². The minimum atomic E-state index is -0.486. The standard InChI is InChI=1S/C21H33ClFN5O2/c1-11-7-16-17(8-12(11)2)28(19-18(25-16)20(29)27-21(30)26-19)6-5-24-10-13(3)15(23)9-14(4)22/h9,13-14,16-19,24-25H,5-8,10H2,1-4H3,(H2,26,27,29,30)/b15-9+/t13?,14?,16?,17?,18?,19-/m0/s1. The van der Waals surface area contributed by atoms with Gasteiger partial charge in [-0.15, -0.1) is 11.6 Å². The first kappa shape index (κ1) is 23.2. The first-order chi connectivity index (χ1) is 14.2. The molecule has 2 saturated heterocycles. The Labute approximate surface area is 182 Å². The summed E-state index contributed by atoms with van der Waals surface area (Å²) in [4.78, 5) is 26.6. The normalized spacial score (nSPS) is 32.1. The molecule has 0 bridgehead atoms. The molecule has 9 heteroatoms. The number of amides is 3. The summed E-state index contributed by atoms with van der Waals surface area (Å²) in [5, 5.41) is 11.7. The number of alkyl halides is 1. The summed E-state index contributed by atoms with van der Waals surface area (Å²) < 4.78 is 14.1. The van der Waals surface area contributed by atoms with Crippen molar-refractivity contribution >= 4 is 23.5 Å². The number of hydrogen-bond donors (Lipinski definition) is 4. The van der Waals surface area contributed by atoms with Gasteiger partial charge in [0.1, 0.15) is 18.0 Å². The van der Waals surface area contributed by atoms with Crippen LogP contribution in [-0.4, -0.2) is 66.1 Å². The maximum atomic E-state index is 14.1. The molecule has 0 spiro atoms. The van der Waals surface area contributed by atoms with Gasteiger partial charge >= 0.3 is 6.03 Å². The van der Waals surface area contributed by atoms with Crippen LogP contribution in [0.1, 0.15) is 40.5 Å². The number of halogens is 2. The van der Waals surface area contributed by atoms with Gasteiger partial charge in [0.15, 0.2) is 0 Å². The average molecular weight is 442 g/mol. The number of rotatable bonds is 7. The Kier molecular flexibility index (Phi) is 7.55. The zero-order valence-electron chi connectivity index (χ0n) is 18.1. The number of nitrogens with one attached hydrogen (secondary N) is 4. The molecule has 3 aliphatic rings. The number of imide groups is 1. The van der Waals surface area contributed by atoms with E-state index in [0.29, 0.717) is 19.6 Å². The molecule has 2 fully saturated rings. The Morgan fingerprint density at radius 1 is 1.30 bits per heavy atom. The monoisotopic (exact) mass is 441 g/mol. The van der Waals surface area contributed by atoms with Gasteiger partial charge in [-0.3, -0.25) is 20.3 Å². The molecule has 3 rings (SSSR count). The largest absolute Gasteiger partial charge is 0.322 e. The number of carbonyl (C=O) groups excluding carboxylic acids is 2. The molecule has 1 aliphatic carbocycles. The maximum absolute atomic E-state index is 14.1. The highest BCUT2D eigenvalue weighted by Gasteiger charge is 2.49. The Morgan fingerprint density at radius 2 is 2.00 bits per heavy atom. The van der Waals surface area contributed by atoms with Gasteiger partial charge in [-0.2, -0.15) is 0 Å². The van der Waals surface area contributed by atoms with Crippen LogP contribution in [0.2, 0.25) is 0 Å². The molecule has 7 nitrogen and oxygen atoms in total. The fraction of sp³-hybridized carbons (Fsp3) is 0.714. The van der Waals surface area contributed by atoms with Crippen LogP contribution < -0.4 is 21.3 Å². The first-order valence-electron chi connectivity index (χ1n) is 10.7. The molecule has 2 aliphatic heterocycles. The van der Waals surface area contributed by atoms with E-state index in [1.807, 2.05) is 6.92 Å². The van der Waals surface area contributed by atoms with E-state index < -0.39 is 18.2 Å². The topological polar surface area (TPSA) is 85.5 Å². The van der Waals surface area contributed by atoms with E-state index in [2.05, 4.69) is 40.0 Å². The Morgan fingerprint density at radius 3 is 2.70 bits per heavy atom.